The molecular formula is C20H30N2O2. The molecular weight excluding hydrogens is 300 g/mol. The summed E-state index contributed by atoms with van der Waals surface area (Å²) in [6, 6.07) is 6.86. The van der Waals surface area contributed by atoms with E-state index in [1.54, 1.807) is 0 Å². The summed E-state index contributed by atoms with van der Waals surface area (Å²) in [6.45, 7) is 4.69. The van der Waals surface area contributed by atoms with Crippen molar-refractivity contribution in [2.75, 3.05) is 26.2 Å². The number of hydrogen-bond donors (Lipinski definition) is 2. The highest BCUT2D eigenvalue weighted by atomic mass is 16.5. The van der Waals surface area contributed by atoms with Crippen LogP contribution >= 0.6 is 0 Å². The van der Waals surface area contributed by atoms with Crippen molar-refractivity contribution in [2.24, 2.45) is 0 Å². The monoisotopic (exact) mass is 330 g/mol. The smallest absolute Gasteiger partial charge is 0.122 e. The molecule has 0 saturated carbocycles. The fourth-order valence-corrected chi connectivity index (χ4v) is 4.78. The third-order valence-electron chi connectivity index (χ3n) is 6.02. The lowest BCUT2D eigenvalue weighted by Crippen LogP contribution is -2.62. The minimum Gasteiger partial charge on any atom is -0.493 e. The van der Waals surface area contributed by atoms with Crippen molar-refractivity contribution in [3.63, 3.8) is 0 Å². The average Bonchev–Trinajstić information content (AvgIpc) is 2.62. The average molecular weight is 330 g/mol. The Balaban J connectivity index is 1.36. The molecule has 2 fully saturated rings. The van der Waals surface area contributed by atoms with Gasteiger partial charge >= 0.3 is 0 Å². The molecule has 4 heteroatoms. The molecule has 0 unspecified atom stereocenters. The molecule has 3 aliphatic rings. The maximum absolute atomic E-state index is 11.2. The molecule has 4 nitrogen and oxygen atoms in total. The zero-order chi connectivity index (χ0) is 16.4. The first kappa shape index (κ1) is 16.4. The Hall–Kier alpha value is -1.10. The number of benzene rings is 1. The second-order valence-electron chi connectivity index (χ2n) is 7.75. The van der Waals surface area contributed by atoms with Crippen LogP contribution in [0.1, 0.15) is 49.7 Å². The minimum absolute atomic E-state index is 0.351. The third-order valence-corrected chi connectivity index (χ3v) is 6.02. The number of fused-ring (bicyclic) bond motifs is 2. The van der Waals surface area contributed by atoms with E-state index in [4.69, 9.17) is 4.74 Å². The summed E-state index contributed by atoms with van der Waals surface area (Å²) in [7, 11) is 0. The van der Waals surface area contributed by atoms with Gasteiger partial charge in [-0.3, -0.25) is 4.90 Å². The van der Waals surface area contributed by atoms with Crippen molar-refractivity contribution in [1.29, 1.82) is 0 Å². The van der Waals surface area contributed by atoms with Crippen molar-refractivity contribution in [3.05, 3.63) is 29.3 Å². The lowest BCUT2D eigenvalue weighted by atomic mass is 9.79. The normalized spacial score (nSPS) is 30.3. The van der Waals surface area contributed by atoms with E-state index >= 15 is 0 Å². The van der Waals surface area contributed by atoms with Crippen molar-refractivity contribution in [1.82, 2.24) is 10.2 Å². The van der Waals surface area contributed by atoms with Gasteiger partial charge in [0.1, 0.15) is 5.75 Å². The standard InChI is InChI=1S/C20H30N2O2/c23-20(9-4-11-22-10-2-1-6-19(20)22)15-21-14-16-7-8-18-17(13-16)5-3-12-24-18/h7-8,13,19,21,23H,1-6,9-12,14-15H2/t19-,20-/m1/s1. The number of piperidine rings is 2. The van der Waals surface area contributed by atoms with Gasteiger partial charge in [-0.25, -0.2) is 0 Å². The molecule has 132 valence electrons. The third kappa shape index (κ3) is 3.32. The van der Waals surface area contributed by atoms with Gasteiger partial charge in [0.2, 0.25) is 0 Å². The van der Waals surface area contributed by atoms with E-state index in [9.17, 15) is 5.11 Å². The number of ether oxygens (including phenoxy) is 1. The van der Waals surface area contributed by atoms with E-state index in [2.05, 4.69) is 28.4 Å². The van der Waals surface area contributed by atoms with Crippen LogP contribution in [-0.2, 0) is 13.0 Å². The van der Waals surface area contributed by atoms with Crippen LogP contribution in [0.15, 0.2) is 18.2 Å². The number of aryl methyl sites for hydroxylation is 1. The van der Waals surface area contributed by atoms with Crippen molar-refractivity contribution in [3.8, 4) is 5.75 Å². The highest BCUT2D eigenvalue weighted by Gasteiger charge is 2.43. The van der Waals surface area contributed by atoms with E-state index in [1.165, 1.54) is 24.0 Å². The number of rotatable bonds is 4. The molecule has 2 saturated heterocycles. The first-order valence-corrected chi connectivity index (χ1v) is 9.66. The van der Waals surface area contributed by atoms with E-state index in [0.717, 1.165) is 64.1 Å². The molecule has 0 spiro atoms. The number of aliphatic hydroxyl groups is 1. The fraction of sp³-hybridized carbons (Fsp3) is 0.700. The summed E-state index contributed by atoms with van der Waals surface area (Å²) in [5.74, 6) is 1.05. The van der Waals surface area contributed by atoms with Gasteiger partial charge in [-0.05, 0) is 68.8 Å². The van der Waals surface area contributed by atoms with Gasteiger partial charge in [-0.2, -0.15) is 0 Å². The minimum atomic E-state index is -0.560. The quantitative estimate of drug-likeness (QED) is 0.890. The van der Waals surface area contributed by atoms with Crippen LogP contribution in [0.25, 0.3) is 0 Å². The van der Waals surface area contributed by atoms with Crippen LogP contribution in [0.5, 0.6) is 5.75 Å². The summed E-state index contributed by atoms with van der Waals surface area (Å²) in [5.41, 5.74) is 2.06. The zero-order valence-corrected chi connectivity index (χ0v) is 14.6. The molecule has 2 N–H and O–H groups in total. The summed E-state index contributed by atoms with van der Waals surface area (Å²) < 4.78 is 5.69. The Labute approximate surface area is 145 Å². The predicted octanol–water partition coefficient (Wildman–Crippen LogP) is 2.48. The molecule has 1 aromatic rings. The van der Waals surface area contributed by atoms with E-state index in [-0.39, 0.29) is 0 Å². The Morgan fingerprint density at radius 3 is 3.08 bits per heavy atom. The zero-order valence-electron chi connectivity index (χ0n) is 14.6. The summed E-state index contributed by atoms with van der Waals surface area (Å²) >= 11 is 0. The molecule has 3 aliphatic heterocycles. The van der Waals surface area contributed by atoms with Crippen LogP contribution in [0, 0.1) is 0 Å². The first-order chi connectivity index (χ1) is 11.7. The van der Waals surface area contributed by atoms with Gasteiger partial charge in [0, 0.05) is 19.1 Å². The van der Waals surface area contributed by atoms with Gasteiger partial charge in [-0.15, -0.1) is 0 Å². The lowest BCUT2D eigenvalue weighted by Gasteiger charge is -2.49. The van der Waals surface area contributed by atoms with Crippen molar-refractivity contribution in [2.45, 2.75) is 63.1 Å². The molecule has 0 aliphatic carbocycles. The van der Waals surface area contributed by atoms with E-state index in [1.807, 2.05) is 0 Å². The summed E-state index contributed by atoms with van der Waals surface area (Å²) in [5, 5.41) is 14.7. The highest BCUT2D eigenvalue weighted by molar-refractivity contribution is 5.38. The topological polar surface area (TPSA) is 44.7 Å². The first-order valence-electron chi connectivity index (χ1n) is 9.66. The van der Waals surface area contributed by atoms with Crippen LogP contribution in [0.4, 0.5) is 0 Å². The second kappa shape index (κ2) is 7.03. The van der Waals surface area contributed by atoms with Gasteiger partial charge in [-0.1, -0.05) is 18.6 Å². The Morgan fingerprint density at radius 2 is 2.12 bits per heavy atom. The largest absolute Gasteiger partial charge is 0.493 e. The Morgan fingerprint density at radius 1 is 1.21 bits per heavy atom. The molecule has 3 heterocycles. The van der Waals surface area contributed by atoms with Crippen LogP contribution in [0.2, 0.25) is 0 Å². The molecule has 24 heavy (non-hydrogen) atoms. The van der Waals surface area contributed by atoms with Crippen molar-refractivity contribution >= 4 is 0 Å². The molecule has 0 amide bonds. The van der Waals surface area contributed by atoms with Crippen LogP contribution in [0.3, 0.4) is 0 Å². The number of nitrogens with one attached hydrogen (secondary N) is 1. The van der Waals surface area contributed by atoms with Gasteiger partial charge in [0.15, 0.2) is 0 Å². The van der Waals surface area contributed by atoms with Crippen molar-refractivity contribution < 1.29 is 9.84 Å². The van der Waals surface area contributed by atoms with E-state index < -0.39 is 5.60 Å². The number of nitrogens with zero attached hydrogens (tertiary/aromatic N) is 1. The lowest BCUT2D eigenvalue weighted by molar-refractivity contribution is -0.0919. The molecule has 4 rings (SSSR count). The van der Waals surface area contributed by atoms with Crippen LogP contribution in [-0.4, -0.2) is 47.9 Å². The summed E-state index contributed by atoms with van der Waals surface area (Å²) in [6.07, 6.45) is 7.97. The molecule has 2 atom stereocenters. The SMILES string of the molecule is O[C@@]1(CNCc2ccc3c(c2)CCCO3)CCCN2CCCC[C@@H]21. The molecule has 0 aromatic heterocycles. The fourth-order valence-electron chi connectivity index (χ4n) is 4.78. The highest BCUT2D eigenvalue weighted by Crippen LogP contribution is 2.33. The Kier molecular flexibility index (Phi) is 4.79. The van der Waals surface area contributed by atoms with Gasteiger partial charge in [0.25, 0.3) is 0 Å². The Bertz CT molecular complexity index is 575. The summed E-state index contributed by atoms with van der Waals surface area (Å²) in [4.78, 5) is 2.52. The van der Waals surface area contributed by atoms with Gasteiger partial charge < -0.3 is 15.2 Å². The maximum atomic E-state index is 11.2. The molecule has 0 radical (unpaired) electrons. The molecule has 0 bridgehead atoms. The van der Waals surface area contributed by atoms with E-state index in [0.29, 0.717) is 12.6 Å². The second-order valence-corrected chi connectivity index (χ2v) is 7.75. The number of hydrogen-bond acceptors (Lipinski definition) is 4. The predicted molar refractivity (Wildman–Crippen MR) is 95.4 cm³/mol. The van der Waals surface area contributed by atoms with Gasteiger partial charge in [0.05, 0.1) is 12.2 Å². The molecule has 1 aromatic carbocycles. The maximum Gasteiger partial charge on any atom is 0.122 e. The van der Waals surface area contributed by atoms with Crippen LogP contribution < -0.4 is 10.1 Å².